The van der Waals surface area contributed by atoms with E-state index in [1.807, 2.05) is 36.9 Å². The Balaban J connectivity index is 2.28. The molecule has 0 spiro atoms. The Kier molecular flexibility index (Phi) is 4.32. The number of hydrogen-bond donors (Lipinski definition) is 0. The Labute approximate surface area is 75.9 Å². The summed E-state index contributed by atoms with van der Waals surface area (Å²) in [6, 6.07) is 9.71. The Morgan fingerprint density at radius 3 is 2.64 bits per heavy atom. The smallest absolute Gasteiger partial charge is 0.626 e. The van der Waals surface area contributed by atoms with E-state index in [1.54, 1.807) is 0 Å². The van der Waals surface area contributed by atoms with E-state index in [2.05, 4.69) is 0 Å². The molecular formula is C7H8AlO2Si. The number of para-hydroxylation sites is 1. The summed E-state index contributed by atoms with van der Waals surface area (Å²) in [5.74, 6) is 0.890. The van der Waals surface area contributed by atoms with Crippen LogP contribution in [0.5, 0.6) is 5.75 Å². The highest BCUT2D eigenvalue weighted by atomic mass is 28.2. The predicted octanol–water partition coefficient (Wildman–Crippen LogP) is 1.28. The maximum atomic E-state index is 5.31. The van der Waals surface area contributed by atoms with E-state index >= 15 is 0 Å². The lowest BCUT2D eigenvalue weighted by Gasteiger charge is -2.03. The average Bonchev–Trinajstić information content (AvgIpc) is 2.07. The molecule has 0 aromatic heterocycles. The molecule has 2 nitrogen and oxygen atoms in total. The summed E-state index contributed by atoms with van der Waals surface area (Å²) in [5, 5.41) is 0. The topological polar surface area (TPSA) is 18.5 Å². The van der Waals surface area contributed by atoms with E-state index < -0.39 is 0 Å². The molecule has 0 unspecified atom stereocenters. The molecule has 0 bridgehead atoms. The van der Waals surface area contributed by atoms with Crippen LogP contribution in [0.2, 0.25) is 6.55 Å². The van der Waals surface area contributed by atoms with E-state index in [-0.39, 0.29) is 15.9 Å². The van der Waals surface area contributed by atoms with Gasteiger partial charge in [-0.1, -0.05) is 18.2 Å². The van der Waals surface area contributed by atoms with Gasteiger partial charge in [0.2, 0.25) is 0 Å². The molecule has 11 heavy (non-hydrogen) atoms. The van der Waals surface area contributed by atoms with Gasteiger partial charge in [-0.05, 0) is 18.7 Å². The third kappa shape index (κ3) is 3.59. The van der Waals surface area contributed by atoms with Crippen LogP contribution < -0.4 is 3.79 Å². The van der Waals surface area contributed by atoms with Gasteiger partial charge in [-0.3, -0.25) is 0 Å². The minimum Gasteiger partial charge on any atom is -0.626 e. The zero-order valence-corrected chi connectivity index (χ0v) is 8.44. The van der Waals surface area contributed by atoms with E-state index in [0.717, 1.165) is 5.75 Å². The maximum Gasteiger partial charge on any atom is 0.762 e. The Morgan fingerprint density at radius 1 is 1.27 bits per heavy atom. The first-order valence-corrected chi connectivity index (χ1v) is 5.64. The Hall–Kier alpha value is -0.271. The molecule has 0 atom stereocenters. The molecule has 0 aliphatic carbocycles. The highest BCUT2D eigenvalue weighted by Gasteiger charge is 1.98. The quantitative estimate of drug-likeness (QED) is 0.512. The van der Waals surface area contributed by atoms with Gasteiger partial charge in [-0.25, -0.2) is 0 Å². The standard InChI is InChI=1S/C6H6O.CH3OSi.Al/c7-6-4-2-1-3-5-6;1-3-2;/h1-5,7H;1H3;/q;-1;+2/p-1. The van der Waals surface area contributed by atoms with Crippen molar-refractivity contribution in [3.63, 3.8) is 0 Å². The molecule has 0 aliphatic heterocycles. The van der Waals surface area contributed by atoms with Crippen molar-refractivity contribution >= 4 is 25.6 Å². The second-order valence-electron chi connectivity index (χ2n) is 1.85. The largest absolute Gasteiger partial charge is 0.762 e. The van der Waals surface area contributed by atoms with Crippen LogP contribution in [-0.2, 0) is 3.48 Å². The van der Waals surface area contributed by atoms with Crippen LogP contribution in [0, 0.1) is 0 Å². The van der Waals surface area contributed by atoms with E-state index in [1.165, 1.54) is 0 Å². The summed E-state index contributed by atoms with van der Waals surface area (Å²) in [6.45, 7) is 1.99. The van der Waals surface area contributed by atoms with Gasteiger partial charge < -0.3 is 7.27 Å². The van der Waals surface area contributed by atoms with Crippen molar-refractivity contribution in [2.75, 3.05) is 0 Å². The Morgan fingerprint density at radius 2 is 2.00 bits per heavy atom. The van der Waals surface area contributed by atoms with Crippen molar-refractivity contribution in [1.82, 2.24) is 0 Å². The summed E-state index contributed by atoms with van der Waals surface area (Å²) in [4.78, 5) is 0. The summed E-state index contributed by atoms with van der Waals surface area (Å²) in [6.07, 6.45) is 0. The van der Waals surface area contributed by atoms with Crippen molar-refractivity contribution in [1.29, 1.82) is 0 Å². The van der Waals surface area contributed by atoms with Crippen molar-refractivity contribution in [2.24, 2.45) is 0 Å². The molecule has 0 N–H and O–H groups in total. The molecule has 1 aromatic rings. The van der Waals surface area contributed by atoms with Gasteiger partial charge in [-0.2, -0.15) is 0 Å². The number of rotatable bonds is 4. The average molecular weight is 179 g/mol. The highest BCUT2D eigenvalue weighted by Crippen LogP contribution is 2.06. The first kappa shape index (κ1) is 8.82. The zero-order valence-electron chi connectivity index (χ0n) is 6.28. The minimum atomic E-state index is -0.326. The molecular weight excluding hydrogens is 171 g/mol. The van der Waals surface area contributed by atoms with E-state index in [0.29, 0.717) is 9.76 Å². The highest BCUT2D eigenvalue weighted by molar-refractivity contribution is 6.38. The van der Waals surface area contributed by atoms with Gasteiger partial charge in [0.25, 0.3) is 0 Å². The zero-order chi connectivity index (χ0) is 7.94. The van der Waals surface area contributed by atoms with Crippen LogP contribution >= 0.6 is 0 Å². The first-order valence-electron chi connectivity index (χ1n) is 3.29. The number of benzene rings is 1. The van der Waals surface area contributed by atoms with Gasteiger partial charge in [0.15, 0.2) is 9.76 Å². The van der Waals surface area contributed by atoms with Crippen LogP contribution in [0.1, 0.15) is 0 Å². The predicted molar refractivity (Wildman–Crippen MR) is 45.5 cm³/mol. The summed E-state index contributed by atoms with van der Waals surface area (Å²) < 4.78 is 10.4. The lowest BCUT2D eigenvalue weighted by Crippen LogP contribution is -2.08. The first-order chi connectivity index (χ1) is 5.43. The molecule has 0 heterocycles. The SMILES string of the molecule is C[Si][O][Al][O]c1ccccc1. The monoisotopic (exact) mass is 179 g/mol. The van der Waals surface area contributed by atoms with Crippen LogP contribution in [0.15, 0.2) is 30.3 Å². The third-order valence-electron chi connectivity index (χ3n) is 1.09. The normalized spacial score (nSPS) is 9.18. The molecule has 0 saturated heterocycles. The fraction of sp³-hybridized carbons (Fsp3) is 0.143. The van der Waals surface area contributed by atoms with Crippen LogP contribution in [-0.4, -0.2) is 25.6 Å². The lowest BCUT2D eigenvalue weighted by molar-refractivity contribution is 0.476. The summed E-state index contributed by atoms with van der Waals surface area (Å²) in [7, 11) is 0.522. The van der Waals surface area contributed by atoms with E-state index in [9.17, 15) is 0 Å². The van der Waals surface area contributed by atoms with Gasteiger partial charge in [0.1, 0.15) is 0 Å². The maximum absolute atomic E-state index is 5.31. The molecule has 0 aliphatic rings. The van der Waals surface area contributed by atoms with Crippen molar-refractivity contribution in [3.8, 4) is 5.75 Å². The molecule has 1 aromatic carbocycles. The van der Waals surface area contributed by atoms with E-state index in [4.69, 9.17) is 7.27 Å². The minimum absolute atomic E-state index is 0.326. The summed E-state index contributed by atoms with van der Waals surface area (Å²) in [5.41, 5.74) is 0. The van der Waals surface area contributed by atoms with Gasteiger partial charge in [-0.15, -0.1) is 0 Å². The second kappa shape index (κ2) is 5.39. The van der Waals surface area contributed by atoms with Crippen molar-refractivity contribution in [3.05, 3.63) is 30.3 Å². The lowest BCUT2D eigenvalue weighted by atomic mass is 10.3. The van der Waals surface area contributed by atoms with Crippen molar-refractivity contribution < 1.29 is 7.27 Å². The molecule has 4 heteroatoms. The molecule has 0 fully saturated rings. The second-order valence-corrected chi connectivity index (χ2v) is 3.63. The van der Waals surface area contributed by atoms with Crippen LogP contribution in [0.3, 0.4) is 0 Å². The molecule has 3 radical (unpaired) electrons. The number of hydrogen-bond acceptors (Lipinski definition) is 2. The van der Waals surface area contributed by atoms with Gasteiger partial charge in [0, 0.05) is 0 Å². The molecule has 1 rings (SSSR count). The third-order valence-corrected chi connectivity index (χ3v) is 2.79. The van der Waals surface area contributed by atoms with Crippen LogP contribution in [0.25, 0.3) is 0 Å². The Bertz CT molecular complexity index is 193. The fourth-order valence-corrected chi connectivity index (χ4v) is 1.47. The van der Waals surface area contributed by atoms with Gasteiger partial charge >= 0.3 is 15.9 Å². The molecule has 0 amide bonds. The van der Waals surface area contributed by atoms with Gasteiger partial charge in [0.05, 0.1) is 5.75 Å². The molecule has 55 valence electrons. The molecule has 0 saturated carbocycles. The van der Waals surface area contributed by atoms with Crippen molar-refractivity contribution in [2.45, 2.75) is 6.55 Å². The van der Waals surface area contributed by atoms with Crippen LogP contribution in [0.4, 0.5) is 0 Å². The fourth-order valence-electron chi connectivity index (χ4n) is 0.627. The summed E-state index contributed by atoms with van der Waals surface area (Å²) >= 11 is -0.326.